The molecule has 1 aliphatic heterocycles. The van der Waals surface area contributed by atoms with Crippen LogP contribution in [0.15, 0.2) is 36.4 Å². The average Bonchev–Trinajstić information content (AvgIpc) is 2.71. The third-order valence-corrected chi connectivity index (χ3v) is 5.03. The van der Waals surface area contributed by atoms with E-state index in [0.29, 0.717) is 24.2 Å². The fourth-order valence-corrected chi connectivity index (χ4v) is 3.40. The van der Waals surface area contributed by atoms with Gasteiger partial charge in [-0.05, 0) is 60.9 Å². The lowest BCUT2D eigenvalue weighted by atomic mass is 9.98. The Bertz CT molecular complexity index is 862. The molecular weight excluding hydrogens is 356 g/mol. The van der Waals surface area contributed by atoms with Crippen molar-refractivity contribution in [3.63, 3.8) is 0 Å². The number of benzene rings is 2. The van der Waals surface area contributed by atoms with Crippen LogP contribution in [-0.2, 0) is 17.8 Å². The number of fused-ring (bicyclic) bond motifs is 1. The summed E-state index contributed by atoms with van der Waals surface area (Å²) >= 11 is 0. The van der Waals surface area contributed by atoms with Gasteiger partial charge in [0.25, 0.3) is 0 Å². The summed E-state index contributed by atoms with van der Waals surface area (Å²) in [5.74, 6) is 1.46. The normalized spacial score (nSPS) is 13.5. The second-order valence-corrected chi connectivity index (χ2v) is 6.93. The largest absolute Gasteiger partial charge is 0.493 e. The summed E-state index contributed by atoms with van der Waals surface area (Å²) in [5.41, 5.74) is 3.82. The van der Waals surface area contributed by atoms with Crippen LogP contribution in [0.3, 0.4) is 0 Å². The number of hydrogen-bond acceptors (Lipinski definition) is 5. The lowest BCUT2D eigenvalue weighted by Gasteiger charge is -2.29. The Balaban J connectivity index is 1.54. The molecule has 0 atom stereocenters. The number of amides is 1. The summed E-state index contributed by atoms with van der Waals surface area (Å²) in [6.07, 6.45) is 1.33. The minimum absolute atomic E-state index is 0.0116. The third kappa shape index (κ3) is 4.70. The van der Waals surface area contributed by atoms with Crippen molar-refractivity contribution < 1.29 is 19.1 Å². The second-order valence-electron chi connectivity index (χ2n) is 6.93. The molecule has 0 radical (unpaired) electrons. The first-order valence-corrected chi connectivity index (χ1v) is 9.37. The van der Waals surface area contributed by atoms with E-state index in [-0.39, 0.29) is 11.7 Å². The Kier molecular flexibility index (Phi) is 6.31. The topological polar surface area (TPSA) is 67.9 Å². The standard InChI is InChI=1S/C22H26N2O4/c1-15(25)16-4-6-19(7-5-16)23-22(26)9-11-24-10-8-17-12-20(27-2)21(28-3)13-18(17)14-24/h4-7,12-13H,8-11,14H2,1-3H3,(H,23,26). The van der Waals surface area contributed by atoms with Crippen LogP contribution in [0.5, 0.6) is 11.5 Å². The van der Waals surface area contributed by atoms with Gasteiger partial charge in [-0.25, -0.2) is 0 Å². The van der Waals surface area contributed by atoms with E-state index < -0.39 is 0 Å². The summed E-state index contributed by atoms with van der Waals surface area (Å²) < 4.78 is 10.8. The highest BCUT2D eigenvalue weighted by molar-refractivity contribution is 5.95. The van der Waals surface area contributed by atoms with E-state index in [9.17, 15) is 9.59 Å². The first-order chi connectivity index (χ1) is 13.5. The van der Waals surface area contributed by atoms with Crippen LogP contribution in [0.1, 0.15) is 34.8 Å². The van der Waals surface area contributed by atoms with Crippen LogP contribution < -0.4 is 14.8 Å². The van der Waals surface area contributed by atoms with Crippen molar-refractivity contribution in [2.45, 2.75) is 26.3 Å². The summed E-state index contributed by atoms with van der Waals surface area (Å²) in [5, 5.41) is 2.89. The molecule has 0 aromatic heterocycles. The van der Waals surface area contributed by atoms with Crippen LogP contribution in [0.2, 0.25) is 0 Å². The van der Waals surface area contributed by atoms with Gasteiger partial charge in [-0.15, -0.1) is 0 Å². The number of ether oxygens (including phenoxy) is 2. The zero-order chi connectivity index (χ0) is 20.1. The smallest absolute Gasteiger partial charge is 0.225 e. The van der Waals surface area contributed by atoms with Crippen LogP contribution in [-0.4, -0.2) is 43.9 Å². The zero-order valence-corrected chi connectivity index (χ0v) is 16.6. The molecule has 6 heteroatoms. The molecule has 2 aromatic rings. The van der Waals surface area contributed by atoms with Gasteiger partial charge in [-0.3, -0.25) is 14.5 Å². The number of methoxy groups -OCH3 is 2. The van der Waals surface area contributed by atoms with E-state index in [1.54, 1.807) is 38.5 Å². The van der Waals surface area contributed by atoms with E-state index in [2.05, 4.69) is 10.2 Å². The molecular formula is C22H26N2O4. The van der Waals surface area contributed by atoms with Gasteiger partial charge in [-0.2, -0.15) is 0 Å². The van der Waals surface area contributed by atoms with Gasteiger partial charge in [0.05, 0.1) is 14.2 Å². The van der Waals surface area contributed by atoms with Crippen molar-refractivity contribution in [2.75, 3.05) is 32.6 Å². The molecule has 1 heterocycles. The van der Waals surface area contributed by atoms with E-state index in [1.165, 1.54) is 18.1 Å². The minimum Gasteiger partial charge on any atom is -0.493 e. The monoisotopic (exact) mass is 382 g/mol. The molecule has 0 spiro atoms. The van der Waals surface area contributed by atoms with Crippen LogP contribution in [0.25, 0.3) is 0 Å². The van der Waals surface area contributed by atoms with Gasteiger partial charge in [0.15, 0.2) is 17.3 Å². The molecule has 2 aromatic carbocycles. The summed E-state index contributed by atoms with van der Waals surface area (Å²) in [7, 11) is 3.28. The van der Waals surface area contributed by atoms with E-state index in [1.807, 2.05) is 12.1 Å². The third-order valence-electron chi connectivity index (χ3n) is 5.03. The number of carbonyl (C=O) groups is 2. The number of anilines is 1. The molecule has 0 saturated heterocycles. The maximum Gasteiger partial charge on any atom is 0.225 e. The fraction of sp³-hybridized carbons (Fsp3) is 0.364. The summed E-state index contributed by atoms with van der Waals surface area (Å²) in [4.78, 5) is 25.8. The highest BCUT2D eigenvalue weighted by Crippen LogP contribution is 2.33. The van der Waals surface area contributed by atoms with Gasteiger partial charge < -0.3 is 14.8 Å². The average molecular weight is 382 g/mol. The number of nitrogens with zero attached hydrogens (tertiary/aromatic N) is 1. The van der Waals surface area contributed by atoms with Crippen molar-refractivity contribution in [2.24, 2.45) is 0 Å². The molecule has 1 N–H and O–H groups in total. The van der Waals surface area contributed by atoms with Crippen molar-refractivity contribution in [1.82, 2.24) is 4.90 Å². The van der Waals surface area contributed by atoms with Gasteiger partial charge in [-0.1, -0.05) is 0 Å². The van der Waals surface area contributed by atoms with Gasteiger partial charge >= 0.3 is 0 Å². The molecule has 0 bridgehead atoms. The Hall–Kier alpha value is -2.86. The number of nitrogens with one attached hydrogen (secondary N) is 1. The Morgan fingerprint density at radius 3 is 2.29 bits per heavy atom. The highest BCUT2D eigenvalue weighted by atomic mass is 16.5. The van der Waals surface area contributed by atoms with E-state index in [4.69, 9.17) is 9.47 Å². The number of hydrogen-bond donors (Lipinski definition) is 1. The van der Waals surface area contributed by atoms with Gasteiger partial charge in [0.1, 0.15) is 0 Å². The van der Waals surface area contributed by atoms with E-state index >= 15 is 0 Å². The van der Waals surface area contributed by atoms with Gasteiger partial charge in [0, 0.05) is 37.3 Å². The molecule has 0 unspecified atom stereocenters. The predicted octanol–water partition coefficient (Wildman–Crippen LogP) is 3.29. The minimum atomic E-state index is -0.0336. The van der Waals surface area contributed by atoms with Crippen LogP contribution in [0.4, 0.5) is 5.69 Å². The van der Waals surface area contributed by atoms with Crippen molar-refractivity contribution >= 4 is 17.4 Å². The molecule has 0 fully saturated rings. The Morgan fingerprint density at radius 1 is 1.04 bits per heavy atom. The quantitative estimate of drug-likeness (QED) is 0.745. The maximum absolute atomic E-state index is 12.3. The first kappa shape index (κ1) is 19.9. The molecule has 148 valence electrons. The Labute approximate surface area is 165 Å². The molecule has 3 rings (SSSR count). The van der Waals surface area contributed by atoms with Crippen molar-refractivity contribution in [1.29, 1.82) is 0 Å². The van der Waals surface area contributed by atoms with Crippen molar-refractivity contribution in [3.8, 4) is 11.5 Å². The molecule has 0 aliphatic carbocycles. The number of rotatable bonds is 7. The molecule has 6 nitrogen and oxygen atoms in total. The molecule has 1 amide bonds. The van der Waals surface area contributed by atoms with Gasteiger partial charge in [0.2, 0.25) is 5.91 Å². The molecule has 0 saturated carbocycles. The maximum atomic E-state index is 12.3. The first-order valence-electron chi connectivity index (χ1n) is 9.37. The number of Topliss-reactive ketones (excluding diaryl/α,β-unsaturated/α-hetero) is 1. The van der Waals surface area contributed by atoms with Crippen LogP contribution >= 0.6 is 0 Å². The molecule has 1 aliphatic rings. The summed E-state index contributed by atoms with van der Waals surface area (Å²) in [6, 6.07) is 11.0. The SMILES string of the molecule is COc1cc2c(cc1OC)CN(CCC(=O)Nc1ccc(C(C)=O)cc1)CC2. The summed E-state index contributed by atoms with van der Waals surface area (Å²) in [6.45, 7) is 3.90. The molecule has 28 heavy (non-hydrogen) atoms. The number of carbonyl (C=O) groups excluding carboxylic acids is 2. The predicted molar refractivity (Wildman–Crippen MR) is 108 cm³/mol. The lowest BCUT2D eigenvalue weighted by Crippen LogP contribution is -2.33. The lowest BCUT2D eigenvalue weighted by molar-refractivity contribution is -0.116. The Morgan fingerprint density at radius 2 is 1.68 bits per heavy atom. The van der Waals surface area contributed by atoms with Crippen LogP contribution in [0, 0.1) is 0 Å². The zero-order valence-electron chi connectivity index (χ0n) is 16.6. The van der Waals surface area contributed by atoms with E-state index in [0.717, 1.165) is 31.0 Å². The van der Waals surface area contributed by atoms with Crippen molar-refractivity contribution in [3.05, 3.63) is 53.1 Å². The highest BCUT2D eigenvalue weighted by Gasteiger charge is 2.20. The number of ketones is 1. The fourth-order valence-electron chi connectivity index (χ4n) is 3.40. The second kappa shape index (κ2) is 8.89.